The maximum Gasteiger partial charge on any atom is 0.419 e. The van der Waals surface area contributed by atoms with Crippen LogP contribution in [0, 0.1) is 22.6 Å². The predicted molar refractivity (Wildman–Crippen MR) is 62.9 cm³/mol. The van der Waals surface area contributed by atoms with Gasteiger partial charge in [-0.3, -0.25) is 0 Å². The lowest BCUT2D eigenvalue weighted by Crippen LogP contribution is -2.24. The van der Waals surface area contributed by atoms with Gasteiger partial charge < -0.3 is 5.11 Å². The molecule has 1 fully saturated rings. The van der Waals surface area contributed by atoms with Gasteiger partial charge >= 0.3 is 6.18 Å². The van der Waals surface area contributed by atoms with Gasteiger partial charge in [0, 0.05) is 0 Å². The minimum absolute atomic E-state index is 0.0674. The highest BCUT2D eigenvalue weighted by Crippen LogP contribution is 2.47. The molecule has 0 bridgehead atoms. The Hall–Kier alpha value is -1.61. The van der Waals surface area contributed by atoms with Crippen molar-refractivity contribution < 1.29 is 22.7 Å². The van der Waals surface area contributed by atoms with Gasteiger partial charge in [-0.25, -0.2) is 4.39 Å². The fourth-order valence-electron chi connectivity index (χ4n) is 2.70. The molecular weight excluding hydrogens is 274 g/mol. The van der Waals surface area contributed by atoms with Crippen molar-refractivity contribution in [3.8, 4) is 6.07 Å². The molecule has 6 heteroatoms. The van der Waals surface area contributed by atoms with Crippen molar-refractivity contribution in [2.75, 3.05) is 0 Å². The maximum absolute atomic E-state index is 13.2. The van der Waals surface area contributed by atoms with Crippen LogP contribution in [0.2, 0.25) is 0 Å². The molecule has 0 heterocycles. The smallest absolute Gasteiger partial charge is 0.387 e. The van der Waals surface area contributed by atoms with Crippen molar-refractivity contribution in [2.45, 2.75) is 38.0 Å². The van der Waals surface area contributed by atoms with E-state index in [1.807, 2.05) is 6.07 Å². The second kappa shape index (κ2) is 5.06. The Morgan fingerprint density at radius 1 is 1.25 bits per heavy atom. The Bertz CT molecular complexity index is 541. The number of nitriles is 1. The third kappa shape index (κ3) is 2.50. The number of hydrogen-bond donors (Lipinski definition) is 1. The Kier molecular flexibility index (Phi) is 3.74. The van der Waals surface area contributed by atoms with E-state index in [0.717, 1.165) is 18.9 Å². The van der Waals surface area contributed by atoms with Crippen LogP contribution in [0.1, 0.15) is 42.9 Å². The highest BCUT2D eigenvalue weighted by atomic mass is 19.4. The van der Waals surface area contributed by atoms with E-state index in [2.05, 4.69) is 0 Å². The molecule has 2 nitrogen and oxygen atoms in total. The first-order chi connectivity index (χ1) is 9.30. The number of aliphatic hydroxyl groups excluding tert-OH is 1. The summed E-state index contributed by atoms with van der Waals surface area (Å²) in [4.78, 5) is 0. The molecule has 0 spiro atoms. The number of halogens is 4. The molecule has 0 aromatic heterocycles. The quantitative estimate of drug-likeness (QED) is 0.837. The largest absolute Gasteiger partial charge is 0.419 e. The van der Waals surface area contributed by atoms with Crippen molar-refractivity contribution in [1.82, 2.24) is 0 Å². The highest BCUT2D eigenvalue weighted by molar-refractivity contribution is 5.31. The van der Waals surface area contributed by atoms with Crippen molar-refractivity contribution in [3.05, 3.63) is 35.1 Å². The van der Waals surface area contributed by atoms with Crippen LogP contribution in [-0.2, 0) is 6.18 Å². The molecule has 0 aliphatic heterocycles. The number of hydrogen-bond acceptors (Lipinski definition) is 2. The Labute approximate surface area is 113 Å². The van der Waals surface area contributed by atoms with Crippen LogP contribution in [0.15, 0.2) is 18.2 Å². The number of nitrogens with zero attached hydrogens (tertiary/aromatic N) is 1. The summed E-state index contributed by atoms with van der Waals surface area (Å²) in [5.41, 5.74) is -2.55. The molecule has 0 amide bonds. The molecule has 1 atom stereocenters. The lowest BCUT2D eigenvalue weighted by Gasteiger charge is -2.27. The van der Waals surface area contributed by atoms with Crippen LogP contribution in [0.4, 0.5) is 17.6 Å². The van der Waals surface area contributed by atoms with Gasteiger partial charge in [-0.05, 0) is 30.5 Å². The lowest BCUT2D eigenvalue weighted by molar-refractivity contribution is -0.140. The van der Waals surface area contributed by atoms with Gasteiger partial charge in [-0.2, -0.15) is 18.4 Å². The van der Waals surface area contributed by atoms with Crippen LogP contribution in [0.25, 0.3) is 0 Å². The van der Waals surface area contributed by atoms with Gasteiger partial charge in [0.05, 0.1) is 23.2 Å². The number of aliphatic hydroxyl groups is 1. The standard InChI is InChI=1S/C14H13F4NO/c15-11-4-3-9(7-10(11)14(16,17)18)12(20)13(8-19)5-1-2-6-13/h3-4,7,12,20H,1-2,5-6H2. The molecule has 1 aliphatic rings. The normalized spacial score (nSPS) is 19.6. The summed E-state index contributed by atoms with van der Waals surface area (Å²) in [6.07, 6.45) is -3.80. The molecule has 1 aliphatic carbocycles. The average Bonchev–Trinajstić information content (AvgIpc) is 2.87. The van der Waals surface area contributed by atoms with Gasteiger partial charge in [0.25, 0.3) is 0 Å². The van der Waals surface area contributed by atoms with Crippen LogP contribution in [0.5, 0.6) is 0 Å². The number of alkyl halides is 3. The number of benzene rings is 1. The zero-order chi connectivity index (χ0) is 15.0. The first kappa shape index (κ1) is 14.8. The summed E-state index contributed by atoms with van der Waals surface area (Å²) in [5, 5.41) is 19.5. The van der Waals surface area contributed by atoms with Crippen molar-refractivity contribution >= 4 is 0 Å². The van der Waals surface area contributed by atoms with Crippen LogP contribution >= 0.6 is 0 Å². The second-order valence-electron chi connectivity index (χ2n) is 5.11. The summed E-state index contributed by atoms with van der Waals surface area (Å²) in [7, 11) is 0. The minimum Gasteiger partial charge on any atom is -0.387 e. The van der Waals surface area contributed by atoms with Crippen LogP contribution in [0.3, 0.4) is 0 Å². The van der Waals surface area contributed by atoms with E-state index >= 15 is 0 Å². The Morgan fingerprint density at radius 3 is 2.35 bits per heavy atom. The molecule has 1 saturated carbocycles. The van der Waals surface area contributed by atoms with E-state index in [-0.39, 0.29) is 5.56 Å². The zero-order valence-electron chi connectivity index (χ0n) is 10.5. The molecule has 2 rings (SSSR count). The Balaban J connectivity index is 2.41. The average molecular weight is 287 g/mol. The molecule has 1 unspecified atom stereocenters. The summed E-state index contributed by atoms with van der Waals surface area (Å²) < 4.78 is 51.2. The molecule has 1 aromatic rings. The molecular formula is C14H13F4NO. The topological polar surface area (TPSA) is 44.0 Å². The van der Waals surface area contributed by atoms with Crippen molar-refractivity contribution in [2.24, 2.45) is 5.41 Å². The van der Waals surface area contributed by atoms with Crippen molar-refractivity contribution in [1.29, 1.82) is 5.26 Å². The lowest BCUT2D eigenvalue weighted by atomic mass is 9.78. The predicted octanol–water partition coefficient (Wildman–Crippen LogP) is 3.96. The summed E-state index contributed by atoms with van der Waals surface area (Å²) >= 11 is 0. The van der Waals surface area contributed by atoms with E-state index in [4.69, 9.17) is 0 Å². The van der Waals surface area contributed by atoms with E-state index in [1.165, 1.54) is 0 Å². The third-order valence-corrected chi connectivity index (χ3v) is 3.85. The summed E-state index contributed by atoms with van der Waals surface area (Å²) in [5.74, 6) is -1.38. The van der Waals surface area contributed by atoms with Crippen molar-refractivity contribution in [3.63, 3.8) is 0 Å². The second-order valence-corrected chi connectivity index (χ2v) is 5.11. The molecule has 108 valence electrons. The molecule has 1 N–H and O–H groups in total. The first-order valence-electron chi connectivity index (χ1n) is 6.26. The summed E-state index contributed by atoms with van der Waals surface area (Å²) in [6.45, 7) is 0. The van der Waals surface area contributed by atoms with Crippen LogP contribution < -0.4 is 0 Å². The van der Waals surface area contributed by atoms with Gasteiger partial charge in [-0.15, -0.1) is 0 Å². The van der Waals surface area contributed by atoms with Gasteiger partial charge in [0.15, 0.2) is 0 Å². The van der Waals surface area contributed by atoms with E-state index < -0.39 is 29.1 Å². The van der Waals surface area contributed by atoms with Gasteiger partial charge in [0.1, 0.15) is 5.82 Å². The number of rotatable bonds is 2. The fraction of sp³-hybridized carbons (Fsp3) is 0.500. The van der Waals surface area contributed by atoms with Gasteiger partial charge in [0.2, 0.25) is 0 Å². The maximum atomic E-state index is 13.2. The Morgan fingerprint density at radius 2 is 1.85 bits per heavy atom. The third-order valence-electron chi connectivity index (χ3n) is 3.85. The molecule has 0 radical (unpaired) electrons. The molecule has 0 saturated heterocycles. The fourth-order valence-corrected chi connectivity index (χ4v) is 2.70. The van der Waals surface area contributed by atoms with E-state index in [9.17, 15) is 27.9 Å². The van der Waals surface area contributed by atoms with Crippen LogP contribution in [-0.4, -0.2) is 5.11 Å². The summed E-state index contributed by atoms with van der Waals surface area (Å²) in [6, 6.07) is 4.40. The zero-order valence-corrected chi connectivity index (χ0v) is 10.5. The van der Waals surface area contributed by atoms with Gasteiger partial charge in [-0.1, -0.05) is 18.9 Å². The molecule has 1 aromatic carbocycles. The minimum atomic E-state index is -4.82. The first-order valence-corrected chi connectivity index (χ1v) is 6.26. The van der Waals surface area contributed by atoms with E-state index in [1.54, 1.807) is 0 Å². The molecule has 20 heavy (non-hydrogen) atoms. The highest BCUT2D eigenvalue weighted by Gasteiger charge is 2.43. The SMILES string of the molecule is N#CC1(C(O)c2ccc(F)c(C(F)(F)F)c2)CCCC1. The monoisotopic (exact) mass is 287 g/mol. The van der Waals surface area contributed by atoms with E-state index in [0.29, 0.717) is 25.0 Å².